The molecule has 7 heteroatoms. The number of rotatable bonds is 3. The molecule has 0 radical (unpaired) electrons. The van der Waals surface area contributed by atoms with Gasteiger partial charge in [-0.25, -0.2) is 0 Å². The Morgan fingerprint density at radius 1 is 1.46 bits per heavy atom. The number of aromatic nitrogens is 1. The molecule has 1 aromatic heterocycles. The first-order valence-corrected chi connectivity index (χ1v) is 7.43. The van der Waals surface area contributed by atoms with Gasteiger partial charge in [-0.1, -0.05) is 5.39 Å². The van der Waals surface area contributed by atoms with Crippen molar-refractivity contribution in [3.05, 3.63) is 42.1 Å². The molecule has 24 heavy (non-hydrogen) atoms. The molecular formula is C17H15CsN4O2. The number of nitrogens with zero attached hydrogens (tertiary/aromatic N) is 3. The van der Waals surface area contributed by atoms with Crippen LogP contribution in [-0.2, 0) is 4.79 Å². The van der Waals surface area contributed by atoms with E-state index in [4.69, 9.17) is 5.26 Å². The number of para-hydroxylation sites is 1. The van der Waals surface area contributed by atoms with Crippen molar-refractivity contribution in [1.29, 1.82) is 5.26 Å². The van der Waals surface area contributed by atoms with E-state index in [9.17, 15) is 9.59 Å². The fourth-order valence-electron chi connectivity index (χ4n) is 2.78. The molecule has 2 heterocycles. The van der Waals surface area contributed by atoms with Gasteiger partial charge in [0.1, 0.15) is 6.04 Å². The van der Waals surface area contributed by atoms with Crippen molar-refractivity contribution in [3.63, 3.8) is 0 Å². The van der Waals surface area contributed by atoms with Crippen molar-refractivity contribution in [2.45, 2.75) is 18.9 Å². The smallest absolute Gasteiger partial charge is 0.344 e. The number of hydrogen-bond donors (Lipinski definition) is 1. The summed E-state index contributed by atoms with van der Waals surface area (Å²) >= 11 is 0. The van der Waals surface area contributed by atoms with Crippen molar-refractivity contribution in [3.8, 4) is 6.07 Å². The largest absolute Gasteiger partial charge is 1.00 e. The number of likely N-dealkylation sites (tertiary alicyclic amines) is 1. The van der Waals surface area contributed by atoms with E-state index in [1.54, 1.807) is 30.5 Å². The van der Waals surface area contributed by atoms with Crippen LogP contribution in [0.4, 0.5) is 0 Å². The SMILES string of the molecule is N#C[C@@H]1CCCN1C(=O)CNC(=O)c1ccnc2[c-]cccc12.[Cs+]. The first-order chi connectivity index (χ1) is 11.2. The van der Waals surface area contributed by atoms with Crippen LogP contribution in [0.25, 0.3) is 10.9 Å². The molecule has 1 aliphatic rings. The molecule has 116 valence electrons. The van der Waals surface area contributed by atoms with Gasteiger partial charge in [-0.15, -0.1) is 0 Å². The summed E-state index contributed by atoms with van der Waals surface area (Å²) in [5.74, 6) is -0.564. The van der Waals surface area contributed by atoms with Gasteiger partial charge in [0.15, 0.2) is 0 Å². The summed E-state index contributed by atoms with van der Waals surface area (Å²) in [4.78, 5) is 30.2. The zero-order chi connectivity index (χ0) is 16.2. The maximum atomic E-state index is 12.3. The molecule has 1 aliphatic heterocycles. The molecule has 6 nitrogen and oxygen atoms in total. The third kappa shape index (κ3) is 4.20. The molecule has 1 fully saturated rings. The summed E-state index contributed by atoms with van der Waals surface area (Å²) in [6.07, 6.45) is 3.06. The van der Waals surface area contributed by atoms with Crippen LogP contribution in [0.1, 0.15) is 23.2 Å². The van der Waals surface area contributed by atoms with E-state index < -0.39 is 0 Å². The zero-order valence-corrected chi connectivity index (χ0v) is 19.7. The minimum Gasteiger partial charge on any atom is -0.344 e. The fraction of sp³-hybridized carbons (Fsp3) is 0.294. The normalized spacial score (nSPS) is 16.3. The number of carbonyl (C=O) groups is 2. The second kappa shape index (κ2) is 8.99. The second-order valence-electron chi connectivity index (χ2n) is 5.35. The Morgan fingerprint density at radius 2 is 2.29 bits per heavy atom. The Labute approximate surface area is 199 Å². The fourth-order valence-corrected chi connectivity index (χ4v) is 2.78. The van der Waals surface area contributed by atoms with E-state index in [1.807, 2.05) is 0 Å². The van der Waals surface area contributed by atoms with Crippen molar-refractivity contribution in [1.82, 2.24) is 15.2 Å². The van der Waals surface area contributed by atoms with E-state index in [2.05, 4.69) is 22.4 Å². The van der Waals surface area contributed by atoms with Crippen LogP contribution in [0.15, 0.2) is 30.5 Å². The van der Waals surface area contributed by atoms with Gasteiger partial charge in [-0.2, -0.15) is 29.5 Å². The number of benzene rings is 1. The molecule has 1 atom stereocenters. The standard InChI is InChI=1S/C17H15N4O2.Cs/c18-10-12-4-3-9-21(12)16(22)11-20-17(23)14-7-8-19-15-6-2-1-5-13(14)15;/h1-2,5,7-8,12H,3-4,9,11H2,(H,20,23);/q-1;+1/t12-;/m0./s1. The van der Waals surface area contributed by atoms with E-state index in [1.165, 1.54) is 4.90 Å². The number of nitrogens with one attached hydrogen (secondary N) is 1. The topological polar surface area (TPSA) is 86.1 Å². The quantitative estimate of drug-likeness (QED) is 0.576. The molecule has 1 saturated heterocycles. The average Bonchev–Trinajstić information content (AvgIpc) is 3.07. The molecule has 0 bridgehead atoms. The first-order valence-electron chi connectivity index (χ1n) is 7.43. The molecule has 2 amide bonds. The number of carbonyl (C=O) groups excluding carboxylic acids is 2. The maximum absolute atomic E-state index is 12.3. The molecule has 0 unspecified atom stereocenters. The van der Waals surface area contributed by atoms with Gasteiger partial charge >= 0.3 is 68.9 Å². The molecule has 0 aliphatic carbocycles. The Balaban J connectivity index is 0.00000208. The van der Waals surface area contributed by atoms with Crippen LogP contribution in [0.3, 0.4) is 0 Å². The van der Waals surface area contributed by atoms with Gasteiger partial charge < -0.3 is 10.2 Å². The van der Waals surface area contributed by atoms with Gasteiger partial charge in [0.05, 0.1) is 12.6 Å². The van der Waals surface area contributed by atoms with Crippen molar-refractivity contribution in [2.24, 2.45) is 0 Å². The average molecular weight is 440 g/mol. The summed E-state index contributed by atoms with van der Waals surface area (Å²) in [6, 6.07) is 11.6. The van der Waals surface area contributed by atoms with Gasteiger partial charge in [0.25, 0.3) is 0 Å². The molecule has 1 N–H and O–H groups in total. The van der Waals surface area contributed by atoms with Crippen LogP contribution in [0.5, 0.6) is 0 Å². The third-order valence-corrected chi connectivity index (χ3v) is 3.94. The molecule has 0 saturated carbocycles. The summed E-state index contributed by atoms with van der Waals surface area (Å²) in [5.41, 5.74) is 1.06. The van der Waals surface area contributed by atoms with Crippen molar-refractivity contribution in [2.75, 3.05) is 13.1 Å². The Morgan fingerprint density at radius 3 is 3.08 bits per heavy atom. The van der Waals surface area contributed by atoms with Crippen molar-refractivity contribution >= 4 is 22.7 Å². The second-order valence-corrected chi connectivity index (χ2v) is 5.35. The summed E-state index contributed by atoms with van der Waals surface area (Å²) in [7, 11) is 0. The monoisotopic (exact) mass is 440 g/mol. The number of hydrogen-bond acceptors (Lipinski definition) is 4. The minimum absolute atomic E-state index is 0. The van der Waals surface area contributed by atoms with Gasteiger partial charge in [0.2, 0.25) is 11.8 Å². The predicted octanol–water partition coefficient (Wildman–Crippen LogP) is -1.72. The van der Waals surface area contributed by atoms with E-state index >= 15 is 0 Å². The van der Waals surface area contributed by atoms with Crippen LogP contribution >= 0.6 is 0 Å². The molecule has 0 spiro atoms. The zero-order valence-electron chi connectivity index (χ0n) is 13.5. The van der Waals surface area contributed by atoms with Crippen LogP contribution in [0, 0.1) is 17.4 Å². The van der Waals surface area contributed by atoms with Crippen molar-refractivity contribution < 1.29 is 78.5 Å². The summed E-state index contributed by atoms with van der Waals surface area (Å²) in [6.45, 7) is 0.456. The maximum Gasteiger partial charge on any atom is 1.00 e. The molecule has 2 aromatic rings. The molecular weight excluding hydrogens is 425 g/mol. The van der Waals surface area contributed by atoms with Crippen LogP contribution in [-0.4, -0.2) is 40.8 Å². The van der Waals surface area contributed by atoms with Crippen LogP contribution in [0.2, 0.25) is 0 Å². The Kier molecular flexibility index (Phi) is 7.28. The molecule has 3 rings (SSSR count). The van der Waals surface area contributed by atoms with Gasteiger partial charge in [-0.3, -0.25) is 14.6 Å². The van der Waals surface area contributed by atoms with E-state index in [0.29, 0.717) is 29.4 Å². The van der Waals surface area contributed by atoms with Gasteiger partial charge in [-0.05, 0) is 30.0 Å². The Hall–Kier alpha value is -0.888. The molecule has 1 aromatic carbocycles. The third-order valence-electron chi connectivity index (χ3n) is 3.94. The van der Waals surface area contributed by atoms with E-state index in [-0.39, 0.29) is 93.3 Å². The van der Waals surface area contributed by atoms with Crippen LogP contribution < -0.4 is 74.2 Å². The van der Waals surface area contributed by atoms with Gasteiger partial charge in [0, 0.05) is 12.7 Å². The predicted molar refractivity (Wildman–Crippen MR) is 83.3 cm³/mol. The Bertz CT molecular complexity index is 797. The minimum atomic E-state index is -0.379. The summed E-state index contributed by atoms with van der Waals surface area (Å²) in [5, 5.41) is 12.3. The first kappa shape index (κ1) is 19.4. The number of pyridine rings is 1. The summed E-state index contributed by atoms with van der Waals surface area (Å²) < 4.78 is 0. The number of nitriles is 1. The number of amides is 2. The number of fused-ring (bicyclic) bond motifs is 1. The van der Waals surface area contributed by atoms with E-state index in [0.717, 1.165) is 6.42 Å².